The average Bonchev–Trinajstić information content (AvgIpc) is 2.85. The van der Waals surface area contributed by atoms with Crippen molar-refractivity contribution in [1.82, 2.24) is 0 Å². The Bertz CT molecular complexity index is 1170. The molecular weight excluding hydrogens is 516 g/mol. The molecule has 0 spiro atoms. The first kappa shape index (κ1) is 27.5. The first-order valence-corrected chi connectivity index (χ1v) is 13.2. The molecule has 0 aromatic heterocycles. The van der Waals surface area contributed by atoms with Gasteiger partial charge in [0, 0.05) is 21.4 Å². The predicted molar refractivity (Wildman–Crippen MR) is 151 cm³/mol. The summed E-state index contributed by atoms with van der Waals surface area (Å²) in [5, 5.41) is 5.82. The third kappa shape index (κ3) is 7.95. The number of anilines is 2. The van der Waals surface area contributed by atoms with E-state index in [0.717, 1.165) is 17.3 Å². The summed E-state index contributed by atoms with van der Waals surface area (Å²) in [7, 11) is 0. The zero-order valence-corrected chi connectivity index (χ0v) is 23.1. The molecule has 190 valence electrons. The molecule has 36 heavy (non-hydrogen) atoms. The van der Waals surface area contributed by atoms with Crippen LogP contribution in [0.5, 0.6) is 5.75 Å². The molecule has 3 rings (SSSR count). The molecule has 0 saturated carbocycles. The molecule has 0 atom stereocenters. The van der Waals surface area contributed by atoms with Crippen LogP contribution in [0.1, 0.15) is 79.7 Å². The molecule has 3 aromatic rings. The minimum Gasteiger partial charge on any atom is -0.493 e. The zero-order valence-electron chi connectivity index (χ0n) is 21.5. The average molecular weight is 552 g/mol. The van der Waals surface area contributed by atoms with Crippen molar-refractivity contribution in [3.8, 4) is 5.75 Å². The molecule has 0 bridgehead atoms. The highest BCUT2D eigenvalue weighted by Gasteiger charge is 2.16. The Morgan fingerprint density at radius 2 is 1.42 bits per heavy atom. The standard InChI is InChI=1S/C30H35BrN2O3/c1-5-6-7-8-19-36-27-18-13-23(31)20-26(27)29(35)33-25-16-14-24(15-17-25)32-28(34)21-9-11-22(12-10-21)30(2,3)4/h9-18,20H,5-8,19H2,1-4H3,(H,32,34)(H,33,35). The van der Waals surface area contributed by atoms with Crippen molar-refractivity contribution in [1.29, 1.82) is 0 Å². The lowest BCUT2D eigenvalue weighted by Gasteiger charge is -2.19. The third-order valence-electron chi connectivity index (χ3n) is 5.86. The van der Waals surface area contributed by atoms with Gasteiger partial charge >= 0.3 is 0 Å². The van der Waals surface area contributed by atoms with Gasteiger partial charge in [-0.05, 0) is 72.0 Å². The Labute approximate surface area is 222 Å². The van der Waals surface area contributed by atoms with Gasteiger partial charge in [-0.25, -0.2) is 0 Å². The maximum Gasteiger partial charge on any atom is 0.259 e. The van der Waals surface area contributed by atoms with Gasteiger partial charge in [-0.1, -0.05) is 75.0 Å². The second kappa shape index (κ2) is 12.7. The predicted octanol–water partition coefficient (Wildman–Crippen LogP) is 8.21. The lowest BCUT2D eigenvalue weighted by Crippen LogP contribution is -2.15. The van der Waals surface area contributed by atoms with E-state index in [0.29, 0.717) is 34.9 Å². The fraction of sp³-hybridized carbons (Fsp3) is 0.333. The number of carbonyl (C=O) groups excluding carboxylic acids is 2. The van der Waals surface area contributed by atoms with Gasteiger partial charge in [0.05, 0.1) is 12.2 Å². The van der Waals surface area contributed by atoms with Crippen LogP contribution in [0, 0.1) is 0 Å². The molecule has 2 N–H and O–H groups in total. The van der Waals surface area contributed by atoms with Crippen LogP contribution in [-0.4, -0.2) is 18.4 Å². The molecule has 0 unspecified atom stereocenters. The maximum atomic E-state index is 13.0. The Morgan fingerprint density at radius 3 is 2.00 bits per heavy atom. The Morgan fingerprint density at radius 1 is 0.806 bits per heavy atom. The second-order valence-electron chi connectivity index (χ2n) is 9.86. The summed E-state index contributed by atoms with van der Waals surface area (Å²) in [5.74, 6) is 0.131. The zero-order chi connectivity index (χ0) is 26.1. The summed E-state index contributed by atoms with van der Waals surface area (Å²) in [5.41, 5.74) is 3.55. The summed E-state index contributed by atoms with van der Waals surface area (Å²) >= 11 is 3.44. The summed E-state index contributed by atoms with van der Waals surface area (Å²) in [6.07, 6.45) is 4.41. The number of halogens is 1. The molecule has 5 nitrogen and oxygen atoms in total. The topological polar surface area (TPSA) is 67.4 Å². The van der Waals surface area contributed by atoms with E-state index in [4.69, 9.17) is 4.74 Å². The molecule has 0 heterocycles. The van der Waals surface area contributed by atoms with Crippen LogP contribution in [0.3, 0.4) is 0 Å². The van der Waals surface area contributed by atoms with E-state index in [9.17, 15) is 9.59 Å². The number of hydrogen-bond donors (Lipinski definition) is 2. The van der Waals surface area contributed by atoms with E-state index in [1.165, 1.54) is 18.4 Å². The van der Waals surface area contributed by atoms with Crippen LogP contribution in [0.15, 0.2) is 71.2 Å². The van der Waals surface area contributed by atoms with E-state index in [1.807, 2.05) is 36.4 Å². The maximum absolute atomic E-state index is 13.0. The number of benzene rings is 3. The summed E-state index contributed by atoms with van der Waals surface area (Å²) < 4.78 is 6.70. The lowest BCUT2D eigenvalue weighted by molar-refractivity contribution is 0.101. The number of rotatable bonds is 10. The van der Waals surface area contributed by atoms with E-state index < -0.39 is 0 Å². The number of carbonyl (C=O) groups is 2. The van der Waals surface area contributed by atoms with Gasteiger partial charge in [0.1, 0.15) is 5.75 Å². The van der Waals surface area contributed by atoms with Gasteiger partial charge in [0.2, 0.25) is 0 Å². The first-order chi connectivity index (χ1) is 17.2. The van der Waals surface area contributed by atoms with Gasteiger partial charge in [0.15, 0.2) is 0 Å². The SMILES string of the molecule is CCCCCCOc1ccc(Br)cc1C(=O)Nc1ccc(NC(=O)c2ccc(C(C)(C)C)cc2)cc1. The number of hydrogen-bond acceptors (Lipinski definition) is 3. The van der Waals surface area contributed by atoms with Crippen LogP contribution in [-0.2, 0) is 5.41 Å². The Kier molecular flexibility index (Phi) is 9.71. The first-order valence-electron chi connectivity index (χ1n) is 12.4. The number of nitrogens with one attached hydrogen (secondary N) is 2. The highest BCUT2D eigenvalue weighted by molar-refractivity contribution is 9.10. The van der Waals surface area contributed by atoms with E-state index >= 15 is 0 Å². The molecule has 0 saturated heterocycles. The molecule has 0 aliphatic rings. The van der Waals surface area contributed by atoms with Crippen LogP contribution < -0.4 is 15.4 Å². The number of ether oxygens (including phenoxy) is 1. The summed E-state index contributed by atoms with van der Waals surface area (Å²) in [6.45, 7) is 9.17. The second-order valence-corrected chi connectivity index (χ2v) is 10.8. The largest absolute Gasteiger partial charge is 0.493 e. The Balaban J connectivity index is 1.61. The van der Waals surface area contributed by atoms with E-state index in [-0.39, 0.29) is 17.2 Å². The van der Waals surface area contributed by atoms with Crippen LogP contribution in [0.4, 0.5) is 11.4 Å². The molecule has 2 amide bonds. The Hall–Kier alpha value is -3.12. The fourth-order valence-corrected chi connectivity index (χ4v) is 4.04. The van der Waals surface area contributed by atoms with Crippen LogP contribution >= 0.6 is 15.9 Å². The molecule has 0 aliphatic carbocycles. The van der Waals surface area contributed by atoms with Crippen LogP contribution in [0.25, 0.3) is 0 Å². The van der Waals surface area contributed by atoms with Gasteiger partial charge in [-0.15, -0.1) is 0 Å². The molecule has 0 fully saturated rings. The minimum atomic E-state index is -0.254. The van der Waals surface area contributed by atoms with Crippen molar-refractivity contribution in [2.24, 2.45) is 0 Å². The van der Waals surface area contributed by atoms with Gasteiger partial charge in [-0.2, -0.15) is 0 Å². The van der Waals surface area contributed by atoms with Gasteiger partial charge in [-0.3, -0.25) is 9.59 Å². The minimum absolute atomic E-state index is 0.0344. The van der Waals surface area contributed by atoms with E-state index in [1.54, 1.807) is 30.3 Å². The van der Waals surface area contributed by atoms with Crippen molar-refractivity contribution in [2.45, 2.75) is 58.8 Å². The molecular formula is C30H35BrN2O3. The number of unbranched alkanes of at least 4 members (excludes halogenated alkanes) is 3. The lowest BCUT2D eigenvalue weighted by atomic mass is 9.87. The summed E-state index contributed by atoms with van der Waals surface area (Å²) in [4.78, 5) is 25.6. The molecule has 6 heteroatoms. The van der Waals surface area contributed by atoms with Crippen molar-refractivity contribution < 1.29 is 14.3 Å². The van der Waals surface area contributed by atoms with Gasteiger partial charge in [0.25, 0.3) is 11.8 Å². The quantitative estimate of drug-likeness (QED) is 0.250. The smallest absolute Gasteiger partial charge is 0.259 e. The molecule has 3 aromatic carbocycles. The van der Waals surface area contributed by atoms with Crippen LogP contribution in [0.2, 0.25) is 0 Å². The highest BCUT2D eigenvalue weighted by Crippen LogP contribution is 2.26. The highest BCUT2D eigenvalue weighted by atomic mass is 79.9. The normalized spacial score (nSPS) is 11.1. The number of amides is 2. The fourth-order valence-electron chi connectivity index (χ4n) is 3.68. The molecule has 0 radical (unpaired) electrons. The monoisotopic (exact) mass is 550 g/mol. The van der Waals surface area contributed by atoms with Crippen molar-refractivity contribution >= 4 is 39.1 Å². The molecule has 0 aliphatic heterocycles. The van der Waals surface area contributed by atoms with Crippen molar-refractivity contribution in [3.05, 3.63) is 87.9 Å². The van der Waals surface area contributed by atoms with Crippen molar-refractivity contribution in [3.63, 3.8) is 0 Å². The van der Waals surface area contributed by atoms with Gasteiger partial charge < -0.3 is 15.4 Å². The van der Waals surface area contributed by atoms with E-state index in [2.05, 4.69) is 54.3 Å². The third-order valence-corrected chi connectivity index (χ3v) is 6.35. The van der Waals surface area contributed by atoms with Crippen molar-refractivity contribution in [2.75, 3.05) is 17.2 Å². The summed E-state index contributed by atoms with van der Waals surface area (Å²) in [6, 6.07) is 20.1.